The zero-order valence-electron chi connectivity index (χ0n) is 15.5. The summed E-state index contributed by atoms with van der Waals surface area (Å²) in [6.07, 6.45) is -0.0278. The van der Waals surface area contributed by atoms with Gasteiger partial charge in [-0.2, -0.15) is 0 Å². The Bertz CT molecular complexity index is 944. The molecule has 1 atom stereocenters. The second kappa shape index (κ2) is 8.99. The molecule has 144 valence electrons. The second-order valence-corrected chi connectivity index (χ2v) is 6.43. The molecule has 3 aromatic rings. The predicted octanol–water partition coefficient (Wildman–Crippen LogP) is 3.82. The predicted molar refractivity (Wildman–Crippen MR) is 104 cm³/mol. The molecule has 3 rings (SSSR count). The van der Waals surface area contributed by atoms with Gasteiger partial charge < -0.3 is 14.5 Å². The maximum Gasteiger partial charge on any atom is 0.306 e. The van der Waals surface area contributed by atoms with Crippen LogP contribution >= 0.6 is 0 Å². The first kappa shape index (κ1) is 19.4. The molecule has 6 heteroatoms. The number of hydrogen-bond donors (Lipinski definition) is 1. The molecule has 28 heavy (non-hydrogen) atoms. The van der Waals surface area contributed by atoms with E-state index in [0.717, 1.165) is 11.0 Å². The number of carbonyl (C=O) groups excluding carboxylic acids is 3. The van der Waals surface area contributed by atoms with Gasteiger partial charge in [-0.15, -0.1) is 0 Å². The summed E-state index contributed by atoms with van der Waals surface area (Å²) in [5.41, 5.74) is 1.29. The molecule has 6 nitrogen and oxygen atoms in total. The van der Waals surface area contributed by atoms with Gasteiger partial charge in [0.15, 0.2) is 12.4 Å². The number of nitrogens with one attached hydrogen (secondary N) is 1. The Labute approximate surface area is 162 Å². The number of para-hydroxylation sites is 1. The fourth-order valence-corrected chi connectivity index (χ4v) is 2.77. The third-order valence-electron chi connectivity index (χ3n) is 4.27. The van der Waals surface area contributed by atoms with Crippen molar-refractivity contribution in [1.29, 1.82) is 0 Å². The Balaban J connectivity index is 1.42. The van der Waals surface area contributed by atoms with Crippen molar-refractivity contribution in [2.75, 3.05) is 6.61 Å². The number of fused-ring (bicyclic) bond motifs is 1. The highest BCUT2D eigenvalue weighted by Gasteiger charge is 2.16. The molecule has 0 aliphatic carbocycles. The van der Waals surface area contributed by atoms with E-state index in [0.29, 0.717) is 11.3 Å². The van der Waals surface area contributed by atoms with Gasteiger partial charge in [0.1, 0.15) is 11.3 Å². The highest BCUT2D eigenvalue weighted by molar-refractivity contribution is 5.97. The maximum absolute atomic E-state index is 12.0. The molecule has 0 spiro atoms. The van der Waals surface area contributed by atoms with E-state index < -0.39 is 18.5 Å². The van der Waals surface area contributed by atoms with Crippen molar-refractivity contribution in [3.8, 4) is 0 Å². The van der Waals surface area contributed by atoms with Gasteiger partial charge in [0, 0.05) is 17.4 Å². The zero-order chi connectivity index (χ0) is 19.9. The lowest BCUT2D eigenvalue weighted by Gasteiger charge is -2.11. The molecule has 1 N–H and O–H groups in total. The Morgan fingerprint density at radius 2 is 1.71 bits per heavy atom. The summed E-state index contributed by atoms with van der Waals surface area (Å²) >= 11 is 0. The lowest BCUT2D eigenvalue weighted by molar-refractivity contribution is -0.148. The molecular formula is C22H21NO5. The summed E-state index contributed by atoms with van der Waals surface area (Å²) < 4.78 is 10.7. The summed E-state index contributed by atoms with van der Waals surface area (Å²) in [5.74, 6) is -0.540. The first-order valence-corrected chi connectivity index (χ1v) is 9.04. The Hall–Kier alpha value is -3.41. The fraction of sp³-hybridized carbons (Fsp3) is 0.227. The molecule has 1 aromatic heterocycles. The van der Waals surface area contributed by atoms with Gasteiger partial charge in [-0.25, -0.2) is 0 Å². The van der Waals surface area contributed by atoms with E-state index in [4.69, 9.17) is 9.15 Å². The molecule has 2 aromatic carbocycles. The standard InChI is InChI=1S/C22H21NO5/c1-15(20-13-17-9-5-6-10-19(17)28-20)23-21(25)14-27-22(26)12-11-18(24)16-7-3-2-4-8-16/h2-10,13,15H,11-12,14H2,1H3,(H,23,25)/t15-/m0/s1. The minimum atomic E-state index is -0.587. The maximum atomic E-state index is 12.0. The van der Waals surface area contributed by atoms with Gasteiger partial charge >= 0.3 is 5.97 Å². The number of amides is 1. The number of esters is 1. The van der Waals surface area contributed by atoms with Gasteiger partial charge in [0.25, 0.3) is 5.91 Å². The van der Waals surface area contributed by atoms with Gasteiger partial charge in [0.2, 0.25) is 0 Å². The molecular weight excluding hydrogens is 358 g/mol. The summed E-state index contributed by atoms with van der Waals surface area (Å²) in [5, 5.41) is 3.68. The number of benzene rings is 2. The molecule has 0 unspecified atom stereocenters. The monoisotopic (exact) mass is 379 g/mol. The van der Waals surface area contributed by atoms with E-state index in [-0.39, 0.29) is 24.7 Å². The number of carbonyl (C=O) groups is 3. The smallest absolute Gasteiger partial charge is 0.306 e. The van der Waals surface area contributed by atoms with E-state index in [9.17, 15) is 14.4 Å². The van der Waals surface area contributed by atoms with Crippen molar-refractivity contribution >= 4 is 28.6 Å². The lowest BCUT2D eigenvalue weighted by Crippen LogP contribution is -2.31. The van der Waals surface area contributed by atoms with Gasteiger partial charge in [-0.05, 0) is 19.1 Å². The van der Waals surface area contributed by atoms with Crippen LogP contribution in [0.2, 0.25) is 0 Å². The summed E-state index contributed by atoms with van der Waals surface area (Å²) in [6, 6.07) is 17.8. The molecule has 0 aliphatic heterocycles. The van der Waals surface area contributed by atoms with Gasteiger partial charge in [0.05, 0.1) is 12.5 Å². The molecule has 0 fully saturated rings. The highest BCUT2D eigenvalue weighted by atomic mass is 16.5. The summed E-state index contributed by atoms with van der Waals surface area (Å²) in [4.78, 5) is 35.8. The third-order valence-corrected chi connectivity index (χ3v) is 4.27. The van der Waals surface area contributed by atoms with Crippen molar-refractivity contribution in [1.82, 2.24) is 5.32 Å². The van der Waals surface area contributed by atoms with Crippen molar-refractivity contribution in [3.05, 3.63) is 72.0 Å². The van der Waals surface area contributed by atoms with Crippen LogP contribution < -0.4 is 5.32 Å². The van der Waals surface area contributed by atoms with Crippen LogP contribution in [0.1, 0.15) is 41.9 Å². The summed E-state index contributed by atoms with van der Waals surface area (Å²) in [7, 11) is 0. The number of ketones is 1. The van der Waals surface area contributed by atoms with Crippen molar-refractivity contribution in [3.63, 3.8) is 0 Å². The molecule has 1 heterocycles. The van der Waals surface area contributed by atoms with Gasteiger partial charge in [-0.3, -0.25) is 14.4 Å². The normalized spacial score (nSPS) is 11.8. The minimum absolute atomic E-state index is 0.0415. The number of ether oxygens (including phenoxy) is 1. The first-order chi connectivity index (χ1) is 13.5. The Morgan fingerprint density at radius 1 is 1.00 bits per heavy atom. The number of rotatable bonds is 8. The zero-order valence-corrected chi connectivity index (χ0v) is 15.5. The summed E-state index contributed by atoms with van der Waals surface area (Å²) in [6.45, 7) is 1.39. The molecule has 1 amide bonds. The molecule has 0 radical (unpaired) electrons. The average Bonchev–Trinajstić information content (AvgIpc) is 3.15. The van der Waals surface area contributed by atoms with E-state index in [1.807, 2.05) is 36.4 Å². The first-order valence-electron chi connectivity index (χ1n) is 9.04. The topological polar surface area (TPSA) is 85.6 Å². The van der Waals surface area contributed by atoms with Crippen molar-refractivity contribution in [2.45, 2.75) is 25.8 Å². The second-order valence-electron chi connectivity index (χ2n) is 6.43. The SMILES string of the molecule is C[C@H](NC(=O)COC(=O)CCC(=O)c1ccccc1)c1cc2ccccc2o1. The van der Waals surface area contributed by atoms with E-state index in [2.05, 4.69) is 5.32 Å². The van der Waals surface area contributed by atoms with Crippen LogP contribution in [-0.4, -0.2) is 24.3 Å². The van der Waals surface area contributed by atoms with E-state index in [1.165, 1.54) is 0 Å². The van der Waals surface area contributed by atoms with Crippen LogP contribution in [0.5, 0.6) is 0 Å². The van der Waals surface area contributed by atoms with Crippen LogP contribution in [0.15, 0.2) is 65.1 Å². The average molecular weight is 379 g/mol. The minimum Gasteiger partial charge on any atom is -0.459 e. The largest absolute Gasteiger partial charge is 0.459 e. The number of hydrogen-bond acceptors (Lipinski definition) is 5. The van der Waals surface area contributed by atoms with Crippen LogP contribution in [0.25, 0.3) is 11.0 Å². The van der Waals surface area contributed by atoms with E-state index in [1.54, 1.807) is 31.2 Å². The van der Waals surface area contributed by atoms with Gasteiger partial charge in [-0.1, -0.05) is 48.5 Å². The van der Waals surface area contributed by atoms with Crippen LogP contribution in [0.3, 0.4) is 0 Å². The Morgan fingerprint density at radius 3 is 2.46 bits per heavy atom. The Kier molecular flexibility index (Phi) is 6.22. The number of Topliss-reactive ketones (excluding diaryl/α,β-unsaturated/α-hetero) is 1. The highest BCUT2D eigenvalue weighted by Crippen LogP contribution is 2.23. The van der Waals surface area contributed by atoms with Crippen molar-refractivity contribution < 1.29 is 23.5 Å². The van der Waals surface area contributed by atoms with Crippen LogP contribution in [0, 0.1) is 0 Å². The number of furan rings is 1. The molecule has 0 saturated carbocycles. The fourth-order valence-electron chi connectivity index (χ4n) is 2.77. The van der Waals surface area contributed by atoms with Crippen LogP contribution in [-0.2, 0) is 14.3 Å². The van der Waals surface area contributed by atoms with Crippen LogP contribution in [0.4, 0.5) is 0 Å². The molecule has 0 aliphatic rings. The quantitative estimate of drug-likeness (QED) is 0.475. The molecule has 0 saturated heterocycles. The van der Waals surface area contributed by atoms with Crippen molar-refractivity contribution in [2.24, 2.45) is 0 Å². The lowest BCUT2D eigenvalue weighted by atomic mass is 10.1. The molecule has 0 bridgehead atoms. The van der Waals surface area contributed by atoms with E-state index >= 15 is 0 Å². The third kappa shape index (κ3) is 5.07.